The molecule has 2 aromatic rings. The van der Waals surface area contributed by atoms with E-state index in [2.05, 4.69) is 15.9 Å². The van der Waals surface area contributed by atoms with Gasteiger partial charge in [0, 0.05) is 0 Å². The fourth-order valence-corrected chi connectivity index (χ4v) is 3.20. The lowest BCUT2D eigenvalue weighted by molar-refractivity contribution is 0.445. The lowest BCUT2D eigenvalue weighted by Crippen LogP contribution is -2.03. The third kappa shape index (κ3) is 2.73. The van der Waals surface area contributed by atoms with E-state index in [1.807, 2.05) is 0 Å². The molecule has 0 saturated heterocycles. The normalized spacial score (nSPS) is 12.6. The number of aryl methyl sites for hydroxylation is 2. The molecule has 0 fully saturated rings. The maximum Gasteiger partial charge on any atom is 0.194 e. The van der Waals surface area contributed by atoms with Crippen LogP contribution in [0.2, 0.25) is 0 Å². The minimum Gasteiger partial charge on any atom is -0.207 e. The van der Waals surface area contributed by atoms with Gasteiger partial charge in [-0.15, -0.1) is 0 Å². The first kappa shape index (κ1) is 15.0. The van der Waals surface area contributed by atoms with Gasteiger partial charge in [0.25, 0.3) is 0 Å². The van der Waals surface area contributed by atoms with Crippen LogP contribution in [0.25, 0.3) is 0 Å². The van der Waals surface area contributed by atoms with Crippen LogP contribution in [0.15, 0.2) is 24.3 Å². The summed E-state index contributed by atoms with van der Waals surface area (Å²) >= 11 is 3.33. The quantitative estimate of drug-likeness (QED) is 0.391. The van der Waals surface area contributed by atoms with Crippen molar-refractivity contribution in [2.24, 2.45) is 0 Å². The summed E-state index contributed by atoms with van der Waals surface area (Å²) < 4.78 is 52.8. The molecule has 0 aliphatic carbocycles. The molecule has 0 saturated carbocycles. The molecule has 0 heterocycles. The van der Waals surface area contributed by atoms with E-state index in [0.29, 0.717) is 16.7 Å². The highest BCUT2D eigenvalue weighted by molar-refractivity contribution is 9.09. The van der Waals surface area contributed by atoms with Gasteiger partial charge in [0.1, 0.15) is 5.82 Å². The summed E-state index contributed by atoms with van der Waals surface area (Å²) in [6, 6.07) is 4.54. The molecule has 0 bridgehead atoms. The van der Waals surface area contributed by atoms with Crippen molar-refractivity contribution in [1.29, 1.82) is 0 Å². The zero-order valence-electron chi connectivity index (χ0n) is 10.8. The fraction of sp³-hybridized carbons (Fsp3) is 0.200. The van der Waals surface area contributed by atoms with Crippen molar-refractivity contribution in [3.05, 3.63) is 69.8 Å². The SMILES string of the molecule is Cc1cc(F)cc(C)c1C(Br)c1cc(F)c(F)c(F)c1. The molecule has 0 aromatic heterocycles. The Labute approximate surface area is 122 Å². The largest absolute Gasteiger partial charge is 0.207 e. The molecule has 0 radical (unpaired) electrons. The van der Waals surface area contributed by atoms with Gasteiger partial charge >= 0.3 is 0 Å². The van der Waals surface area contributed by atoms with E-state index in [4.69, 9.17) is 0 Å². The highest BCUT2D eigenvalue weighted by Gasteiger charge is 2.20. The predicted octanol–water partition coefficient (Wildman–Crippen LogP) is 5.34. The van der Waals surface area contributed by atoms with E-state index in [1.54, 1.807) is 13.8 Å². The number of hydrogen-bond donors (Lipinski definition) is 0. The molecular weight excluding hydrogens is 336 g/mol. The summed E-state index contributed by atoms with van der Waals surface area (Å²) in [7, 11) is 0. The zero-order chi connectivity index (χ0) is 15.0. The number of halogens is 5. The molecule has 2 rings (SSSR count). The van der Waals surface area contributed by atoms with Gasteiger partial charge in [-0.25, -0.2) is 17.6 Å². The van der Waals surface area contributed by atoms with Crippen LogP contribution in [0.3, 0.4) is 0 Å². The van der Waals surface area contributed by atoms with E-state index in [9.17, 15) is 17.6 Å². The minimum absolute atomic E-state index is 0.235. The number of rotatable bonds is 2. The first-order chi connectivity index (χ1) is 9.31. The van der Waals surface area contributed by atoms with E-state index >= 15 is 0 Å². The molecule has 0 spiro atoms. The first-order valence-corrected chi connectivity index (χ1v) is 6.78. The summed E-state index contributed by atoms with van der Waals surface area (Å²) in [6.07, 6.45) is 0. The van der Waals surface area contributed by atoms with Crippen molar-refractivity contribution in [3.8, 4) is 0 Å². The predicted molar refractivity (Wildman–Crippen MR) is 73.0 cm³/mol. The third-order valence-corrected chi connectivity index (χ3v) is 4.10. The smallest absolute Gasteiger partial charge is 0.194 e. The maximum atomic E-state index is 13.3. The molecule has 106 valence electrons. The fourth-order valence-electron chi connectivity index (χ4n) is 2.21. The minimum atomic E-state index is -1.50. The van der Waals surface area contributed by atoms with Crippen molar-refractivity contribution in [2.45, 2.75) is 18.7 Å². The summed E-state index contributed by atoms with van der Waals surface area (Å²) in [5.74, 6) is -4.37. The Morgan fingerprint density at radius 1 is 0.850 bits per heavy atom. The van der Waals surface area contributed by atoms with Gasteiger partial charge in [-0.1, -0.05) is 15.9 Å². The summed E-state index contributed by atoms with van der Waals surface area (Å²) in [5, 5.41) is 0. The number of hydrogen-bond acceptors (Lipinski definition) is 0. The van der Waals surface area contributed by atoms with Gasteiger partial charge in [-0.3, -0.25) is 0 Å². The summed E-state index contributed by atoms with van der Waals surface area (Å²) in [4.78, 5) is -0.548. The second-order valence-corrected chi connectivity index (χ2v) is 5.53. The maximum absolute atomic E-state index is 13.3. The van der Waals surface area contributed by atoms with Crippen molar-refractivity contribution in [2.75, 3.05) is 0 Å². The van der Waals surface area contributed by atoms with Gasteiger partial charge in [-0.05, 0) is 60.4 Å². The van der Waals surface area contributed by atoms with Crippen LogP contribution in [0, 0.1) is 37.1 Å². The monoisotopic (exact) mass is 346 g/mol. The van der Waals surface area contributed by atoms with Gasteiger partial charge in [0.05, 0.1) is 4.83 Å². The van der Waals surface area contributed by atoms with Crippen LogP contribution in [-0.4, -0.2) is 0 Å². The highest BCUT2D eigenvalue weighted by Crippen LogP contribution is 2.36. The average molecular weight is 347 g/mol. The molecule has 0 N–H and O–H groups in total. The Bertz CT molecular complexity index is 621. The molecule has 2 aromatic carbocycles. The highest BCUT2D eigenvalue weighted by atomic mass is 79.9. The molecule has 1 atom stereocenters. The van der Waals surface area contributed by atoms with Gasteiger partial charge in [-0.2, -0.15) is 0 Å². The number of benzene rings is 2. The van der Waals surface area contributed by atoms with E-state index in [-0.39, 0.29) is 11.4 Å². The first-order valence-electron chi connectivity index (χ1n) is 5.86. The van der Waals surface area contributed by atoms with Gasteiger partial charge in [0.15, 0.2) is 17.5 Å². The average Bonchev–Trinajstić information content (AvgIpc) is 2.33. The number of alkyl halides is 1. The van der Waals surface area contributed by atoms with Crippen LogP contribution in [-0.2, 0) is 0 Å². The van der Waals surface area contributed by atoms with Crippen LogP contribution < -0.4 is 0 Å². The lowest BCUT2D eigenvalue weighted by atomic mass is 9.95. The molecule has 0 aliphatic heterocycles. The Morgan fingerprint density at radius 3 is 1.75 bits per heavy atom. The van der Waals surface area contributed by atoms with Crippen LogP contribution >= 0.6 is 15.9 Å². The second kappa shape index (κ2) is 5.56. The summed E-state index contributed by atoms with van der Waals surface area (Å²) in [5.41, 5.74) is 2.24. The Kier molecular flexibility index (Phi) is 4.18. The van der Waals surface area contributed by atoms with E-state index < -0.39 is 22.3 Å². The van der Waals surface area contributed by atoms with Crippen molar-refractivity contribution in [1.82, 2.24) is 0 Å². The van der Waals surface area contributed by atoms with Crippen molar-refractivity contribution < 1.29 is 17.6 Å². The second-order valence-electron chi connectivity index (χ2n) is 4.61. The van der Waals surface area contributed by atoms with Gasteiger partial charge in [0.2, 0.25) is 0 Å². The zero-order valence-corrected chi connectivity index (χ0v) is 12.4. The molecule has 1 unspecified atom stereocenters. The molecule has 0 amide bonds. The molecular formula is C15H11BrF4. The Morgan fingerprint density at radius 2 is 1.30 bits per heavy atom. The Balaban J connectivity index is 2.55. The summed E-state index contributed by atoms with van der Waals surface area (Å²) in [6.45, 7) is 3.41. The standard InChI is InChI=1S/C15H11BrF4/c1-7-3-10(17)4-8(2)13(7)14(16)9-5-11(18)15(20)12(19)6-9/h3-6,14H,1-2H3. The van der Waals surface area contributed by atoms with E-state index in [1.165, 1.54) is 12.1 Å². The van der Waals surface area contributed by atoms with E-state index in [0.717, 1.165) is 12.1 Å². The molecule has 20 heavy (non-hydrogen) atoms. The van der Waals surface area contributed by atoms with Crippen molar-refractivity contribution in [3.63, 3.8) is 0 Å². The molecule has 5 heteroatoms. The molecule has 0 aliphatic rings. The van der Waals surface area contributed by atoms with Crippen LogP contribution in [0.5, 0.6) is 0 Å². The molecule has 0 nitrogen and oxygen atoms in total. The topological polar surface area (TPSA) is 0 Å². The Hall–Kier alpha value is -1.36. The van der Waals surface area contributed by atoms with Gasteiger partial charge < -0.3 is 0 Å². The third-order valence-electron chi connectivity index (χ3n) is 3.11. The van der Waals surface area contributed by atoms with Crippen molar-refractivity contribution >= 4 is 15.9 Å². The lowest BCUT2D eigenvalue weighted by Gasteiger charge is -2.17. The van der Waals surface area contributed by atoms with Crippen LogP contribution in [0.1, 0.15) is 27.1 Å². The van der Waals surface area contributed by atoms with Crippen LogP contribution in [0.4, 0.5) is 17.6 Å².